The molecule has 156 valence electrons. The van der Waals surface area contributed by atoms with Crippen LogP contribution >= 0.6 is 0 Å². The molecule has 1 unspecified atom stereocenters. The Hall–Kier alpha value is -2.13. The summed E-state index contributed by atoms with van der Waals surface area (Å²) in [5.41, 5.74) is 0.945. The van der Waals surface area contributed by atoms with Gasteiger partial charge < -0.3 is 20.1 Å². The highest BCUT2D eigenvalue weighted by Crippen LogP contribution is 2.40. The van der Waals surface area contributed by atoms with Crippen molar-refractivity contribution in [2.45, 2.75) is 31.5 Å². The minimum Gasteiger partial charge on any atom is -0.475 e. The fourth-order valence-corrected chi connectivity index (χ4v) is 3.52. The molecule has 2 aliphatic rings. The van der Waals surface area contributed by atoms with Crippen LogP contribution in [0.15, 0.2) is 30.3 Å². The molecule has 9 heteroatoms. The fourth-order valence-electron chi connectivity index (χ4n) is 3.52. The van der Waals surface area contributed by atoms with E-state index in [1.807, 2.05) is 30.3 Å². The molecule has 2 heterocycles. The number of amides is 1. The molecule has 28 heavy (non-hydrogen) atoms. The van der Waals surface area contributed by atoms with Gasteiger partial charge in [-0.15, -0.1) is 0 Å². The van der Waals surface area contributed by atoms with Crippen LogP contribution in [-0.2, 0) is 9.53 Å². The van der Waals surface area contributed by atoms with Crippen molar-refractivity contribution in [1.29, 1.82) is 0 Å². The number of likely N-dealkylation sites (tertiary alicyclic amines) is 1. The average molecular weight is 402 g/mol. The zero-order valence-corrected chi connectivity index (χ0v) is 15.7. The Morgan fingerprint density at radius 3 is 2.29 bits per heavy atom. The molecule has 2 fully saturated rings. The molecular formula is C19H25F3N2O4. The van der Waals surface area contributed by atoms with Gasteiger partial charge in [-0.1, -0.05) is 18.2 Å². The zero-order valence-electron chi connectivity index (χ0n) is 15.7. The van der Waals surface area contributed by atoms with Gasteiger partial charge in [0.05, 0.1) is 12.6 Å². The molecule has 1 aromatic rings. The van der Waals surface area contributed by atoms with Crippen LogP contribution in [0.2, 0.25) is 0 Å². The Morgan fingerprint density at radius 1 is 1.18 bits per heavy atom. The van der Waals surface area contributed by atoms with Crippen molar-refractivity contribution in [2.24, 2.45) is 5.41 Å². The molecule has 0 radical (unpaired) electrons. The van der Waals surface area contributed by atoms with Gasteiger partial charge in [0.1, 0.15) is 0 Å². The molecule has 2 saturated heterocycles. The van der Waals surface area contributed by atoms with Crippen molar-refractivity contribution >= 4 is 11.9 Å². The second kappa shape index (κ2) is 9.38. The molecule has 0 aromatic heterocycles. The van der Waals surface area contributed by atoms with Crippen molar-refractivity contribution < 1.29 is 32.6 Å². The van der Waals surface area contributed by atoms with E-state index in [1.165, 1.54) is 0 Å². The number of aliphatic carboxylic acids is 1. The van der Waals surface area contributed by atoms with Crippen LogP contribution in [-0.4, -0.2) is 67.5 Å². The topological polar surface area (TPSA) is 78.9 Å². The van der Waals surface area contributed by atoms with Crippen LogP contribution in [0.3, 0.4) is 0 Å². The number of ether oxygens (including phenoxy) is 1. The molecule has 1 atom stereocenters. The predicted octanol–water partition coefficient (Wildman–Crippen LogP) is 2.55. The molecule has 0 saturated carbocycles. The number of carbonyl (C=O) groups is 2. The summed E-state index contributed by atoms with van der Waals surface area (Å²) in [6.07, 6.45) is -1.74. The van der Waals surface area contributed by atoms with E-state index >= 15 is 0 Å². The number of benzene rings is 1. The maximum absolute atomic E-state index is 12.4. The smallest absolute Gasteiger partial charge is 0.475 e. The van der Waals surface area contributed by atoms with Gasteiger partial charge in [0.25, 0.3) is 5.91 Å². The third-order valence-corrected chi connectivity index (χ3v) is 5.33. The lowest BCUT2D eigenvalue weighted by molar-refractivity contribution is -0.192. The van der Waals surface area contributed by atoms with E-state index in [0.717, 1.165) is 44.5 Å². The number of nitrogens with one attached hydrogen (secondary N) is 1. The molecule has 0 aliphatic carbocycles. The molecule has 1 amide bonds. The second-order valence-electron chi connectivity index (χ2n) is 7.19. The Morgan fingerprint density at radius 2 is 1.75 bits per heavy atom. The van der Waals surface area contributed by atoms with Crippen molar-refractivity contribution in [2.75, 3.05) is 33.4 Å². The number of piperidine rings is 1. The minimum atomic E-state index is -5.08. The summed E-state index contributed by atoms with van der Waals surface area (Å²) in [7, 11) is 2.17. The molecule has 0 bridgehead atoms. The number of rotatable bonds is 2. The SMILES string of the molecule is CN1CCC2(CCOCC2NC(=O)c2ccccc2)CC1.O=C(O)C(F)(F)F. The van der Waals surface area contributed by atoms with E-state index < -0.39 is 12.1 Å². The molecular weight excluding hydrogens is 377 g/mol. The molecule has 1 aromatic carbocycles. The summed E-state index contributed by atoms with van der Waals surface area (Å²) in [4.78, 5) is 23.7. The van der Waals surface area contributed by atoms with Crippen LogP contribution in [0.1, 0.15) is 29.6 Å². The first-order valence-corrected chi connectivity index (χ1v) is 9.06. The predicted molar refractivity (Wildman–Crippen MR) is 96.0 cm³/mol. The van der Waals surface area contributed by atoms with Crippen LogP contribution in [0.25, 0.3) is 0 Å². The fraction of sp³-hybridized carbons (Fsp3) is 0.579. The van der Waals surface area contributed by atoms with Crippen LogP contribution in [0.5, 0.6) is 0 Å². The Bertz CT molecular complexity index is 659. The standard InChI is InChI=1S/C17H24N2O2.C2HF3O2/c1-19-10-7-17(8-11-19)9-12-21-13-15(17)18-16(20)14-5-3-2-4-6-14;3-2(4,5)1(6)7/h2-6,15H,7-13H2,1H3,(H,18,20);(H,6,7). The maximum atomic E-state index is 12.4. The summed E-state index contributed by atoms with van der Waals surface area (Å²) >= 11 is 0. The van der Waals surface area contributed by atoms with Gasteiger partial charge in [-0.2, -0.15) is 13.2 Å². The van der Waals surface area contributed by atoms with Gasteiger partial charge in [-0.3, -0.25) is 4.79 Å². The molecule has 3 rings (SSSR count). The highest BCUT2D eigenvalue weighted by Gasteiger charge is 2.43. The lowest BCUT2D eigenvalue weighted by atomic mass is 9.69. The average Bonchev–Trinajstić information content (AvgIpc) is 2.66. The van der Waals surface area contributed by atoms with Gasteiger partial charge in [0.15, 0.2) is 0 Å². The molecule has 2 N–H and O–H groups in total. The van der Waals surface area contributed by atoms with Crippen LogP contribution < -0.4 is 5.32 Å². The number of hydrogen-bond acceptors (Lipinski definition) is 4. The largest absolute Gasteiger partial charge is 0.490 e. The van der Waals surface area contributed by atoms with Gasteiger partial charge in [0.2, 0.25) is 0 Å². The van der Waals surface area contributed by atoms with E-state index in [2.05, 4.69) is 17.3 Å². The summed E-state index contributed by atoms with van der Waals surface area (Å²) in [5, 5.41) is 10.4. The number of nitrogens with zero attached hydrogens (tertiary/aromatic N) is 1. The van der Waals surface area contributed by atoms with Gasteiger partial charge in [-0.05, 0) is 56.9 Å². The summed E-state index contributed by atoms with van der Waals surface area (Å²) in [6, 6.07) is 9.59. The number of alkyl halides is 3. The maximum Gasteiger partial charge on any atom is 0.490 e. The van der Waals surface area contributed by atoms with Crippen molar-refractivity contribution in [3.63, 3.8) is 0 Å². The Balaban J connectivity index is 0.000000345. The number of carboxylic acid groups (broad SMARTS) is 1. The molecule has 2 aliphatic heterocycles. The minimum absolute atomic E-state index is 0.0180. The third-order valence-electron chi connectivity index (χ3n) is 5.33. The Kier molecular flexibility index (Phi) is 7.42. The third kappa shape index (κ3) is 5.93. The number of halogens is 3. The lowest BCUT2D eigenvalue weighted by Gasteiger charge is -2.48. The monoisotopic (exact) mass is 402 g/mol. The second-order valence-corrected chi connectivity index (χ2v) is 7.19. The summed E-state index contributed by atoms with van der Waals surface area (Å²) in [6.45, 7) is 3.68. The zero-order chi connectivity index (χ0) is 20.8. The van der Waals surface area contributed by atoms with Gasteiger partial charge in [-0.25, -0.2) is 4.79 Å². The highest BCUT2D eigenvalue weighted by molar-refractivity contribution is 5.94. The first-order valence-electron chi connectivity index (χ1n) is 9.06. The van der Waals surface area contributed by atoms with E-state index in [0.29, 0.717) is 6.61 Å². The summed E-state index contributed by atoms with van der Waals surface area (Å²) in [5.74, 6) is -2.74. The molecule has 1 spiro atoms. The quantitative estimate of drug-likeness (QED) is 0.795. The van der Waals surface area contributed by atoms with E-state index in [9.17, 15) is 18.0 Å². The summed E-state index contributed by atoms with van der Waals surface area (Å²) < 4.78 is 37.4. The van der Waals surface area contributed by atoms with Crippen molar-refractivity contribution in [1.82, 2.24) is 10.2 Å². The van der Waals surface area contributed by atoms with E-state index in [1.54, 1.807) is 0 Å². The number of carboxylic acids is 1. The van der Waals surface area contributed by atoms with Crippen molar-refractivity contribution in [3.8, 4) is 0 Å². The number of hydrogen-bond donors (Lipinski definition) is 2. The Labute approximate surface area is 161 Å². The first kappa shape index (κ1) is 22.2. The number of carbonyl (C=O) groups excluding carboxylic acids is 1. The highest BCUT2D eigenvalue weighted by atomic mass is 19.4. The van der Waals surface area contributed by atoms with Gasteiger partial charge in [0, 0.05) is 12.2 Å². The normalized spacial score (nSPS) is 22.1. The van der Waals surface area contributed by atoms with E-state index in [-0.39, 0.29) is 17.4 Å². The van der Waals surface area contributed by atoms with Crippen LogP contribution in [0, 0.1) is 5.41 Å². The van der Waals surface area contributed by atoms with Gasteiger partial charge >= 0.3 is 12.1 Å². The molecule has 6 nitrogen and oxygen atoms in total. The lowest BCUT2D eigenvalue weighted by Crippen LogP contribution is -2.57. The van der Waals surface area contributed by atoms with Crippen molar-refractivity contribution in [3.05, 3.63) is 35.9 Å². The van der Waals surface area contributed by atoms with Crippen LogP contribution in [0.4, 0.5) is 13.2 Å². The van der Waals surface area contributed by atoms with E-state index in [4.69, 9.17) is 14.6 Å². The first-order chi connectivity index (χ1) is 13.1.